The highest BCUT2D eigenvalue weighted by atomic mass is 32.2. The SMILES string of the molecule is Cc1ccc([N+](=O)[O-])cc1S(=O)(=O)Nc1ccc(CC(=O)O)cc1. The topological polar surface area (TPSA) is 127 Å². The second kappa shape index (κ2) is 6.67. The Hall–Kier alpha value is -2.94. The summed E-state index contributed by atoms with van der Waals surface area (Å²) >= 11 is 0. The van der Waals surface area contributed by atoms with E-state index in [1.807, 2.05) is 0 Å². The molecule has 0 bridgehead atoms. The quantitative estimate of drug-likeness (QED) is 0.608. The molecule has 0 heterocycles. The van der Waals surface area contributed by atoms with Gasteiger partial charge in [0.25, 0.3) is 15.7 Å². The van der Waals surface area contributed by atoms with Crippen LogP contribution in [-0.2, 0) is 21.2 Å². The lowest BCUT2D eigenvalue weighted by atomic mass is 10.1. The molecule has 2 N–H and O–H groups in total. The summed E-state index contributed by atoms with van der Waals surface area (Å²) in [7, 11) is -4.01. The van der Waals surface area contributed by atoms with E-state index in [4.69, 9.17) is 5.11 Å². The summed E-state index contributed by atoms with van der Waals surface area (Å²) in [6.07, 6.45) is -0.170. The number of nitro benzene ring substituents is 1. The molecule has 0 aliphatic rings. The van der Waals surface area contributed by atoms with E-state index < -0.39 is 20.9 Å². The van der Waals surface area contributed by atoms with Crippen LogP contribution < -0.4 is 4.72 Å². The average molecular weight is 350 g/mol. The summed E-state index contributed by atoms with van der Waals surface area (Å²) in [5.41, 5.74) is 0.806. The van der Waals surface area contributed by atoms with Gasteiger partial charge in [0, 0.05) is 17.8 Å². The number of hydrogen-bond donors (Lipinski definition) is 2. The van der Waals surface area contributed by atoms with Crippen LogP contribution in [-0.4, -0.2) is 24.4 Å². The predicted octanol–water partition coefficient (Wildman–Crippen LogP) is 2.33. The molecule has 0 aromatic heterocycles. The molecule has 2 aromatic carbocycles. The molecule has 2 aromatic rings. The van der Waals surface area contributed by atoms with Crippen molar-refractivity contribution in [3.8, 4) is 0 Å². The number of carboxylic acid groups (broad SMARTS) is 1. The zero-order valence-corrected chi connectivity index (χ0v) is 13.4. The Balaban J connectivity index is 2.30. The van der Waals surface area contributed by atoms with E-state index in [1.165, 1.54) is 43.3 Å². The van der Waals surface area contributed by atoms with Gasteiger partial charge >= 0.3 is 5.97 Å². The Morgan fingerprint density at radius 1 is 1.21 bits per heavy atom. The van der Waals surface area contributed by atoms with Gasteiger partial charge in [0.15, 0.2) is 0 Å². The second-order valence-electron chi connectivity index (χ2n) is 5.08. The molecule has 0 saturated heterocycles. The minimum atomic E-state index is -4.01. The number of anilines is 1. The molecule has 0 fully saturated rings. The highest BCUT2D eigenvalue weighted by molar-refractivity contribution is 7.92. The van der Waals surface area contributed by atoms with E-state index in [9.17, 15) is 23.3 Å². The first-order valence-electron chi connectivity index (χ1n) is 6.77. The lowest BCUT2D eigenvalue weighted by Crippen LogP contribution is -2.14. The summed E-state index contributed by atoms with van der Waals surface area (Å²) in [6.45, 7) is 1.54. The number of aliphatic carboxylic acids is 1. The molecular weight excluding hydrogens is 336 g/mol. The first-order valence-corrected chi connectivity index (χ1v) is 8.26. The lowest BCUT2D eigenvalue weighted by molar-refractivity contribution is -0.385. The third-order valence-corrected chi connectivity index (χ3v) is 4.76. The van der Waals surface area contributed by atoms with Gasteiger partial charge in [-0.05, 0) is 30.2 Å². The number of carbonyl (C=O) groups is 1. The summed E-state index contributed by atoms with van der Waals surface area (Å²) < 4.78 is 27.2. The van der Waals surface area contributed by atoms with Gasteiger partial charge in [0.1, 0.15) is 0 Å². The fraction of sp³-hybridized carbons (Fsp3) is 0.133. The summed E-state index contributed by atoms with van der Waals surface area (Å²) in [5, 5.41) is 19.5. The first-order chi connectivity index (χ1) is 11.2. The molecule has 0 unspecified atom stereocenters. The smallest absolute Gasteiger partial charge is 0.307 e. The van der Waals surface area contributed by atoms with Crippen molar-refractivity contribution in [2.24, 2.45) is 0 Å². The number of nitro groups is 1. The number of benzene rings is 2. The lowest BCUT2D eigenvalue weighted by Gasteiger charge is -2.10. The van der Waals surface area contributed by atoms with E-state index in [0.29, 0.717) is 11.1 Å². The Kier molecular flexibility index (Phi) is 4.84. The van der Waals surface area contributed by atoms with Gasteiger partial charge in [0.05, 0.1) is 16.2 Å². The molecule has 0 saturated carbocycles. The largest absolute Gasteiger partial charge is 0.481 e. The molecule has 9 heteroatoms. The summed E-state index contributed by atoms with van der Waals surface area (Å²) in [6, 6.07) is 9.44. The van der Waals surface area contributed by atoms with Gasteiger partial charge in [-0.1, -0.05) is 18.2 Å². The van der Waals surface area contributed by atoms with Crippen molar-refractivity contribution in [3.05, 3.63) is 63.7 Å². The number of non-ortho nitro benzene ring substituents is 1. The normalized spacial score (nSPS) is 11.0. The van der Waals surface area contributed by atoms with Crippen LogP contribution in [0, 0.1) is 17.0 Å². The molecule has 126 valence electrons. The molecule has 2 rings (SSSR count). The van der Waals surface area contributed by atoms with Gasteiger partial charge in [-0.15, -0.1) is 0 Å². The number of nitrogens with one attached hydrogen (secondary N) is 1. The Labute approximate surface area is 138 Å². The number of aryl methyl sites for hydroxylation is 1. The van der Waals surface area contributed by atoms with Crippen LogP contribution >= 0.6 is 0 Å². The summed E-state index contributed by atoms with van der Waals surface area (Å²) in [4.78, 5) is 20.6. The Morgan fingerprint density at radius 3 is 2.38 bits per heavy atom. The van der Waals surface area contributed by atoms with Gasteiger partial charge in [0.2, 0.25) is 0 Å². The molecule has 24 heavy (non-hydrogen) atoms. The first kappa shape index (κ1) is 17.4. The van der Waals surface area contributed by atoms with Crippen LogP contribution in [0.4, 0.5) is 11.4 Å². The van der Waals surface area contributed by atoms with E-state index >= 15 is 0 Å². The van der Waals surface area contributed by atoms with Crippen LogP contribution in [0.15, 0.2) is 47.4 Å². The van der Waals surface area contributed by atoms with E-state index in [2.05, 4.69) is 4.72 Å². The third kappa shape index (κ3) is 4.07. The van der Waals surface area contributed by atoms with Gasteiger partial charge in [-0.25, -0.2) is 8.42 Å². The average Bonchev–Trinajstić information content (AvgIpc) is 2.48. The van der Waals surface area contributed by atoms with Crippen LogP contribution in [0.25, 0.3) is 0 Å². The fourth-order valence-electron chi connectivity index (χ4n) is 2.07. The van der Waals surface area contributed by atoms with Gasteiger partial charge in [-0.2, -0.15) is 0 Å². The zero-order valence-electron chi connectivity index (χ0n) is 12.6. The van der Waals surface area contributed by atoms with Crippen molar-refractivity contribution in [2.75, 3.05) is 4.72 Å². The molecule has 8 nitrogen and oxygen atoms in total. The van der Waals surface area contributed by atoms with Crippen molar-refractivity contribution in [1.29, 1.82) is 0 Å². The minimum absolute atomic E-state index is 0.170. The fourth-order valence-corrected chi connectivity index (χ4v) is 3.39. The van der Waals surface area contributed by atoms with Crippen LogP contribution in [0.2, 0.25) is 0 Å². The molecule has 0 aliphatic carbocycles. The molecular formula is C15H14N2O6S. The highest BCUT2D eigenvalue weighted by Gasteiger charge is 2.20. The van der Waals surface area contributed by atoms with E-state index in [-0.39, 0.29) is 22.7 Å². The number of carboxylic acids is 1. The molecule has 0 amide bonds. The minimum Gasteiger partial charge on any atom is -0.481 e. The Bertz CT molecular complexity index is 891. The summed E-state index contributed by atoms with van der Waals surface area (Å²) in [5.74, 6) is -0.990. The van der Waals surface area contributed by atoms with Crippen molar-refractivity contribution >= 4 is 27.4 Å². The van der Waals surface area contributed by atoms with Crippen molar-refractivity contribution in [2.45, 2.75) is 18.2 Å². The number of hydrogen-bond acceptors (Lipinski definition) is 5. The number of sulfonamides is 1. The zero-order chi connectivity index (χ0) is 17.9. The van der Waals surface area contributed by atoms with E-state index in [0.717, 1.165) is 6.07 Å². The highest BCUT2D eigenvalue weighted by Crippen LogP contribution is 2.24. The molecule has 0 atom stereocenters. The van der Waals surface area contributed by atoms with Crippen molar-refractivity contribution < 1.29 is 23.2 Å². The van der Waals surface area contributed by atoms with Gasteiger partial charge in [-0.3, -0.25) is 19.6 Å². The predicted molar refractivity (Wildman–Crippen MR) is 86.4 cm³/mol. The van der Waals surface area contributed by atoms with Crippen molar-refractivity contribution in [1.82, 2.24) is 0 Å². The number of rotatable bonds is 6. The maximum atomic E-state index is 12.4. The van der Waals surface area contributed by atoms with Crippen LogP contribution in [0.1, 0.15) is 11.1 Å². The standard InChI is InChI=1S/C15H14N2O6S/c1-10-2-7-13(17(20)21)9-14(10)24(22,23)16-12-5-3-11(4-6-12)8-15(18)19/h2-7,9,16H,8H2,1H3,(H,18,19). The van der Waals surface area contributed by atoms with Crippen molar-refractivity contribution in [3.63, 3.8) is 0 Å². The molecule has 0 aliphatic heterocycles. The third-order valence-electron chi connectivity index (χ3n) is 3.23. The Morgan fingerprint density at radius 2 is 1.83 bits per heavy atom. The van der Waals surface area contributed by atoms with E-state index in [1.54, 1.807) is 0 Å². The maximum Gasteiger partial charge on any atom is 0.307 e. The van der Waals surface area contributed by atoms with Crippen LogP contribution in [0.5, 0.6) is 0 Å². The molecule has 0 radical (unpaired) electrons. The number of nitrogens with zero attached hydrogens (tertiary/aromatic N) is 1. The van der Waals surface area contributed by atoms with Crippen LogP contribution in [0.3, 0.4) is 0 Å². The molecule has 0 spiro atoms. The monoisotopic (exact) mass is 350 g/mol. The maximum absolute atomic E-state index is 12.4. The van der Waals surface area contributed by atoms with Gasteiger partial charge < -0.3 is 5.11 Å². The second-order valence-corrected chi connectivity index (χ2v) is 6.73.